The predicted octanol–water partition coefficient (Wildman–Crippen LogP) is 1.16. The van der Waals surface area contributed by atoms with Gasteiger partial charge >= 0.3 is 6.18 Å². The molecule has 0 bridgehead atoms. The number of carbonyl (C=O) groups excluding carboxylic acids is 1. The van der Waals surface area contributed by atoms with Crippen molar-refractivity contribution < 1.29 is 18.0 Å². The number of amides is 1. The van der Waals surface area contributed by atoms with Crippen LogP contribution in [0.15, 0.2) is 6.07 Å². The molecule has 0 aliphatic heterocycles. The maximum absolute atomic E-state index is 12.5. The Balaban J connectivity index is 1.88. The molecule has 1 heterocycles. The van der Waals surface area contributed by atoms with E-state index in [0.29, 0.717) is 0 Å². The summed E-state index contributed by atoms with van der Waals surface area (Å²) in [5.74, 6) is -1.78. The summed E-state index contributed by atoms with van der Waals surface area (Å²) in [6.45, 7) is 0.173. The number of hydrogen-bond acceptors (Lipinski definition) is 5. The van der Waals surface area contributed by atoms with E-state index in [1.165, 1.54) is 6.07 Å². The van der Waals surface area contributed by atoms with Crippen molar-refractivity contribution >= 4 is 17.5 Å². The Labute approximate surface area is 113 Å². The molecule has 1 saturated carbocycles. The van der Waals surface area contributed by atoms with Crippen molar-refractivity contribution in [1.82, 2.24) is 15.3 Å². The summed E-state index contributed by atoms with van der Waals surface area (Å²) < 4.78 is 37.4. The zero-order valence-corrected chi connectivity index (χ0v) is 10.5. The maximum atomic E-state index is 12.5. The van der Waals surface area contributed by atoms with Crippen LogP contribution in [0.3, 0.4) is 0 Å². The number of halogens is 3. The number of nitrogens with two attached hydrogens (primary N) is 1. The third kappa shape index (κ3) is 4.25. The molecule has 0 unspecified atom stereocenters. The molecule has 4 N–H and O–H groups in total. The molecular weight excluding hydrogens is 275 g/mol. The van der Waals surface area contributed by atoms with E-state index in [9.17, 15) is 18.0 Å². The van der Waals surface area contributed by atoms with Crippen molar-refractivity contribution in [2.45, 2.75) is 31.5 Å². The van der Waals surface area contributed by atoms with E-state index in [2.05, 4.69) is 20.6 Å². The minimum Gasteiger partial charge on any atom is -0.384 e. The molecule has 1 aliphatic carbocycles. The van der Waals surface area contributed by atoms with E-state index in [4.69, 9.17) is 5.73 Å². The number of nitrogens with zero attached hydrogens (tertiary/aromatic N) is 2. The number of hydrogen-bond donors (Lipinski definition) is 3. The summed E-state index contributed by atoms with van der Waals surface area (Å²) in [4.78, 5) is 17.8. The highest BCUT2D eigenvalue weighted by Gasteiger charge is 2.35. The second-order valence-corrected chi connectivity index (χ2v) is 4.52. The van der Waals surface area contributed by atoms with Gasteiger partial charge in [-0.3, -0.25) is 4.79 Å². The lowest BCUT2D eigenvalue weighted by atomic mass is 10.3. The maximum Gasteiger partial charge on any atom is 0.451 e. The van der Waals surface area contributed by atoms with Crippen molar-refractivity contribution in [2.24, 2.45) is 0 Å². The average Bonchev–Trinajstić information content (AvgIpc) is 3.11. The van der Waals surface area contributed by atoms with Crippen LogP contribution in [-0.4, -0.2) is 28.5 Å². The van der Waals surface area contributed by atoms with Gasteiger partial charge in [-0.05, 0) is 12.8 Å². The highest BCUT2D eigenvalue weighted by molar-refractivity contribution is 5.77. The number of aromatic nitrogens is 2. The molecule has 1 amide bonds. The third-order valence-electron chi connectivity index (χ3n) is 2.60. The Bertz CT molecular complexity index is 501. The molecule has 2 rings (SSSR count). The molecule has 110 valence electrons. The fourth-order valence-corrected chi connectivity index (χ4v) is 1.51. The van der Waals surface area contributed by atoms with Crippen LogP contribution < -0.4 is 16.4 Å². The summed E-state index contributed by atoms with van der Waals surface area (Å²) in [5.41, 5.74) is 5.29. The monoisotopic (exact) mass is 289 g/mol. The van der Waals surface area contributed by atoms with Gasteiger partial charge in [-0.1, -0.05) is 0 Å². The summed E-state index contributed by atoms with van der Waals surface area (Å²) in [7, 11) is 0. The van der Waals surface area contributed by atoms with Gasteiger partial charge in [-0.15, -0.1) is 0 Å². The molecule has 9 heteroatoms. The van der Waals surface area contributed by atoms with Crippen LogP contribution in [0.1, 0.15) is 25.1 Å². The normalized spacial score (nSPS) is 14.9. The molecule has 6 nitrogen and oxygen atoms in total. The zero-order valence-electron chi connectivity index (χ0n) is 10.5. The fourth-order valence-electron chi connectivity index (χ4n) is 1.51. The molecule has 0 aromatic carbocycles. The first kappa shape index (κ1) is 14.4. The lowest BCUT2D eigenvalue weighted by molar-refractivity contribution is -0.144. The second kappa shape index (κ2) is 5.51. The molecule has 1 fully saturated rings. The van der Waals surface area contributed by atoms with Crippen LogP contribution >= 0.6 is 0 Å². The molecule has 0 radical (unpaired) electrons. The number of nitrogens with one attached hydrogen (secondary N) is 2. The van der Waals surface area contributed by atoms with Gasteiger partial charge in [0.2, 0.25) is 11.7 Å². The topological polar surface area (TPSA) is 92.9 Å². The third-order valence-corrected chi connectivity index (χ3v) is 2.60. The molecular formula is C11H14F3N5O. The van der Waals surface area contributed by atoms with Crippen molar-refractivity contribution in [3.8, 4) is 0 Å². The first-order valence-corrected chi connectivity index (χ1v) is 6.09. The van der Waals surface area contributed by atoms with Crippen molar-refractivity contribution in [1.29, 1.82) is 0 Å². The zero-order chi connectivity index (χ0) is 14.8. The quantitative estimate of drug-likeness (QED) is 0.756. The standard InChI is InChI=1S/C11H14F3N5O/c12-11(13,14)10-18-7(15)5-8(19-10)16-4-3-9(20)17-6-1-2-6/h5-6H,1-4H2,(H,17,20)(H3,15,16,18,19). The molecule has 1 aromatic heterocycles. The van der Waals surface area contributed by atoms with Crippen molar-refractivity contribution in [3.63, 3.8) is 0 Å². The van der Waals surface area contributed by atoms with E-state index in [1.54, 1.807) is 0 Å². The summed E-state index contributed by atoms with van der Waals surface area (Å²) in [6, 6.07) is 1.45. The van der Waals surface area contributed by atoms with Gasteiger partial charge in [-0.2, -0.15) is 13.2 Å². The Morgan fingerprint density at radius 2 is 2.10 bits per heavy atom. The Morgan fingerprint density at radius 1 is 1.40 bits per heavy atom. The Hall–Kier alpha value is -2.06. The summed E-state index contributed by atoms with van der Waals surface area (Å²) in [5, 5.41) is 5.40. The number of rotatable bonds is 5. The summed E-state index contributed by atoms with van der Waals surface area (Å²) >= 11 is 0. The highest BCUT2D eigenvalue weighted by Crippen LogP contribution is 2.27. The minimum absolute atomic E-state index is 0.0518. The van der Waals surface area contributed by atoms with E-state index in [0.717, 1.165) is 12.8 Å². The van der Waals surface area contributed by atoms with E-state index >= 15 is 0 Å². The fraction of sp³-hybridized carbons (Fsp3) is 0.545. The number of alkyl halides is 3. The van der Waals surface area contributed by atoms with Crippen molar-refractivity contribution in [3.05, 3.63) is 11.9 Å². The smallest absolute Gasteiger partial charge is 0.384 e. The van der Waals surface area contributed by atoms with Crippen LogP contribution in [0.2, 0.25) is 0 Å². The van der Waals surface area contributed by atoms with Crippen molar-refractivity contribution in [2.75, 3.05) is 17.6 Å². The lowest BCUT2D eigenvalue weighted by Gasteiger charge is -2.10. The first-order valence-electron chi connectivity index (χ1n) is 6.09. The van der Waals surface area contributed by atoms with Gasteiger partial charge in [0, 0.05) is 25.1 Å². The van der Waals surface area contributed by atoms with Gasteiger partial charge in [-0.25, -0.2) is 9.97 Å². The van der Waals surface area contributed by atoms with Gasteiger partial charge in [0.05, 0.1) is 0 Å². The lowest BCUT2D eigenvalue weighted by Crippen LogP contribution is -2.27. The Kier molecular flexibility index (Phi) is 3.96. The minimum atomic E-state index is -4.66. The molecule has 0 saturated heterocycles. The molecule has 0 atom stereocenters. The highest BCUT2D eigenvalue weighted by atomic mass is 19.4. The number of carbonyl (C=O) groups is 1. The molecule has 1 aliphatic rings. The van der Waals surface area contributed by atoms with Crippen LogP contribution in [0.25, 0.3) is 0 Å². The van der Waals surface area contributed by atoms with Gasteiger partial charge < -0.3 is 16.4 Å². The van der Waals surface area contributed by atoms with E-state index < -0.39 is 12.0 Å². The molecule has 0 spiro atoms. The summed E-state index contributed by atoms with van der Waals surface area (Å²) in [6.07, 6.45) is -2.54. The predicted molar refractivity (Wildman–Crippen MR) is 65.7 cm³/mol. The average molecular weight is 289 g/mol. The largest absolute Gasteiger partial charge is 0.451 e. The van der Waals surface area contributed by atoms with Crippen LogP contribution in [0.5, 0.6) is 0 Å². The molecule has 20 heavy (non-hydrogen) atoms. The number of nitrogen functional groups attached to an aromatic ring is 1. The van der Waals surface area contributed by atoms with Crippen LogP contribution in [-0.2, 0) is 11.0 Å². The number of anilines is 2. The van der Waals surface area contributed by atoms with Crippen LogP contribution in [0.4, 0.5) is 24.8 Å². The van der Waals surface area contributed by atoms with Gasteiger partial charge in [0.25, 0.3) is 0 Å². The van der Waals surface area contributed by atoms with Crippen LogP contribution in [0, 0.1) is 0 Å². The van der Waals surface area contributed by atoms with E-state index in [1.807, 2.05) is 0 Å². The Morgan fingerprint density at radius 3 is 2.70 bits per heavy atom. The van der Waals surface area contributed by atoms with E-state index in [-0.39, 0.29) is 36.6 Å². The SMILES string of the molecule is Nc1cc(NCCC(=O)NC2CC2)nc(C(F)(F)F)n1. The first-order chi connectivity index (χ1) is 9.34. The second-order valence-electron chi connectivity index (χ2n) is 4.52. The van der Waals surface area contributed by atoms with Gasteiger partial charge in [0.1, 0.15) is 11.6 Å². The van der Waals surface area contributed by atoms with Gasteiger partial charge in [0.15, 0.2) is 0 Å². The molecule has 1 aromatic rings.